The number of amides is 1. The molecular weight excluding hydrogens is 190 g/mol. The summed E-state index contributed by atoms with van der Waals surface area (Å²) in [6.45, 7) is 1.83. The fraction of sp³-hybridized carbons (Fsp3) is 0.273. The fourth-order valence-electron chi connectivity index (χ4n) is 1.62. The number of hydrogen-bond donors (Lipinski definition) is 1. The molecule has 4 heteroatoms. The smallest absolute Gasteiger partial charge is 0.240 e. The van der Waals surface area contributed by atoms with Gasteiger partial charge in [-0.3, -0.25) is 4.79 Å². The summed E-state index contributed by atoms with van der Waals surface area (Å²) in [4.78, 5) is 13.3. The van der Waals surface area contributed by atoms with Gasteiger partial charge in [-0.15, -0.1) is 0 Å². The highest BCUT2D eigenvalue weighted by Gasteiger charge is 2.18. The molecule has 15 heavy (non-hydrogen) atoms. The maximum absolute atomic E-state index is 11.6. The summed E-state index contributed by atoms with van der Waals surface area (Å²) in [5.41, 5.74) is 1.39. The van der Waals surface area contributed by atoms with Crippen molar-refractivity contribution in [3.8, 4) is 6.07 Å². The quantitative estimate of drug-likeness (QED) is 0.719. The Balaban J connectivity index is 2.28. The zero-order valence-electron chi connectivity index (χ0n) is 8.23. The van der Waals surface area contributed by atoms with Crippen LogP contribution in [0.4, 0.5) is 5.69 Å². The lowest BCUT2D eigenvalue weighted by Crippen LogP contribution is -2.48. The molecule has 0 aromatic heterocycles. The van der Waals surface area contributed by atoms with Gasteiger partial charge in [0.15, 0.2) is 0 Å². The average molecular weight is 201 g/mol. The Morgan fingerprint density at radius 2 is 2.33 bits per heavy atom. The summed E-state index contributed by atoms with van der Waals surface area (Å²) in [6, 6.07) is 9.19. The van der Waals surface area contributed by atoms with Gasteiger partial charge in [0, 0.05) is 18.8 Å². The molecule has 2 rings (SSSR count). The number of nitrogens with zero attached hydrogens (tertiary/aromatic N) is 2. The van der Waals surface area contributed by atoms with E-state index in [0.717, 1.165) is 12.2 Å². The van der Waals surface area contributed by atoms with Gasteiger partial charge >= 0.3 is 0 Å². The Hall–Kier alpha value is -1.86. The molecule has 0 bridgehead atoms. The van der Waals surface area contributed by atoms with E-state index in [-0.39, 0.29) is 5.91 Å². The third-order valence-electron chi connectivity index (χ3n) is 2.38. The van der Waals surface area contributed by atoms with Gasteiger partial charge in [-0.2, -0.15) is 5.26 Å². The van der Waals surface area contributed by atoms with Gasteiger partial charge in [0.05, 0.1) is 18.2 Å². The van der Waals surface area contributed by atoms with E-state index in [2.05, 4.69) is 11.4 Å². The first-order valence-corrected chi connectivity index (χ1v) is 4.82. The van der Waals surface area contributed by atoms with Crippen molar-refractivity contribution in [1.29, 1.82) is 5.26 Å². The Bertz CT molecular complexity index is 422. The molecule has 1 aliphatic rings. The van der Waals surface area contributed by atoms with Crippen molar-refractivity contribution in [3.63, 3.8) is 0 Å². The molecule has 0 radical (unpaired) electrons. The number of piperazine rings is 1. The van der Waals surface area contributed by atoms with E-state index < -0.39 is 0 Å². The minimum atomic E-state index is 0.0522. The van der Waals surface area contributed by atoms with Gasteiger partial charge in [0.25, 0.3) is 0 Å². The summed E-state index contributed by atoms with van der Waals surface area (Å²) in [7, 11) is 0. The molecular formula is C11H11N3O. The average Bonchev–Trinajstić information content (AvgIpc) is 2.30. The van der Waals surface area contributed by atoms with Crippen LogP contribution in [-0.2, 0) is 4.79 Å². The van der Waals surface area contributed by atoms with Gasteiger partial charge in [-0.25, -0.2) is 0 Å². The molecule has 1 fully saturated rings. The second kappa shape index (κ2) is 4.11. The van der Waals surface area contributed by atoms with Crippen molar-refractivity contribution < 1.29 is 4.79 Å². The summed E-state index contributed by atoms with van der Waals surface area (Å²) >= 11 is 0. The third kappa shape index (κ3) is 1.97. The number of nitriles is 1. The number of benzene rings is 1. The summed E-state index contributed by atoms with van der Waals surface area (Å²) < 4.78 is 0. The lowest BCUT2D eigenvalue weighted by Gasteiger charge is -2.27. The minimum Gasteiger partial charge on any atom is -0.310 e. The van der Waals surface area contributed by atoms with Crippen LogP contribution in [0.15, 0.2) is 24.3 Å². The molecule has 1 aliphatic heterocycles. The molecule has 4 nitrogen and oxygen atoms in total. The Morgan fingerprint density at radius 3 is 3.07 bits per heavy atom. The van der Waals surface area contributed by atoms with Gasteiger partial charge in [-0.1, -0.05) is 6.07 Å². The molecule has 0 unspecified atom stereocenters. The van der Waals surface area contributed by atoms with Crippen LogP contribution in [-0.4, -0.2) is 25.5 Å². The van der Waals surface area contributed by atoms with Crippen LogP contribution in [0.5, 0.6) is 0 Å². The van der Waals surface area contributed by atoms with Gasteiger partial charge in [-0.05, 0) is 18.2 Å². The first-order valence-electron chi connectivity index (χ1n) is 4.82. The molecule has 0 atom stereocenters. The predicted molar refractivity (Wildman–Crippen MR) is 56.4 cm³/mol. The number of nitrogens with one attached hydrogen (secondary N) is 1. The largest absolute Gasteiger partial charge is 0.310 e. The highest BCUT2D eigenvalue weighted by Crippen LogP contribution is 2.16. The minimum absolute atomic E-state index is 0.0522. The van der Waals surface area contributed by atoms with E-state index in [1.165, 1.54) is 0 Å². The number of carbonyl (C=O) groups is 1. The maximum atomic E-state index is 11.6. The normalized spacial score (nSPS) is 16.2. The Labute approximate surface area is 88.1 Å². The van der Waals surface area contributed by atoms with E-state index in [0.29, 0.717) is 18.7 Å². The monoisotopic (exact) mass is 201 g/mol. The van der Waals surface area contributed by atoms with Crippen LogP contribution < -0.4 is 10.2 Å². The fourth-order valence-corrected chi connectivity index (χ4v) is 1.62. The van der Waals surface area contributed by atoms with Crippen molar-refractivity contribution in [2.24, 2.45) is 0 Å². The van der Waals surface area contributed by atoms with Crippen molar-refractivity contribution in [2.75, 3.05) is 24.5 Å². The lowest BCUT2D eigenvalue weighted by atomic mass is 10.2. The molecule has 0 aliphatic carbocycles. The number of anilines is 1. The molecule has 76 valence electrons. The molecule has 0 saturated carbocycles. The van der Waals surface area contributed by atoms with Crippen LogP contribution >= 0.6 is 0 Å². The zero-order chi connectivity index (χ0) is 10.7. The third-order valence-corrected chi connectivity index (χ3v) is 2.38. The predicted octanol–water partition coefficient (Wildman–Crippen LogP) is 0.494. The zero-order valence-corrected chi connectivity index (χ0v) is 8.23. The van der Waals surface area contributed by atoms with Crippen molar-refractivity contribution in [2.45, 2.75) is 0 Å². The highest BCUT2D eigenvalue weighted by atomic mass is 16.2. The molecule has 1 N–H and O–H groups in total. The topological polar surface area (TPSA) is 56.1 Å². The first-order chi connectivity index (χ1) is 7.31. The van der Waals surface area contributed by atoms with Crippen molar-refractivity contribution in [3.05, 3.63) is 29.8 Å². The molecule has 1 saturated heterocycles. The summed E-state index contributed by atoms with van der Waals surface area (Å²) in [6.07, 6.45) is 0. The Morgan fingerprint density at radius 1 is 1.47 bits per heavy atom. The van der Waals surface area contributed by atoms with E-state index in [1.54, 1.807) is 23.1 Å². The Kier molecular flexibility index (Phi) is 2.66. The highest BCUT2D eigenvalue weighted by molar-refractivity contribution is 5.95. The van der Waals surface area contributed by atoms with Crippen LogP contribution in [0.1, 0.15) is 5.56 Å². The number of hydrogen-bond acceptors (Lipinski definition) is 3. The molecule has 1 amide bonds. The van der Waals surface area contributed by atoms with E-state index >= 15 is 0 Å². The van der Waals surface area contributed by atoms with Gasteiger partial charge in [0.2, 0.25) is 5.91 Å². The van der Waals surface area contributed by atoms with Gasteiger partial charge < -0.3 is 10.2 Å². The van der Waals surface area contributed by atoms with Crippen LogP contribution in [0, 0.1) is 11.3 Å². The van der Waals surface area contributed by atoms with E-state index in [4.69, 9.17) is 5.26 Å². The molecule has 1 aromatic carbocycles. The molecule has 1 heterocycles. The summed E-state index contributed by atoms with van der Waals surface area (Å²) in [5, 5.41) is 11.8. The first kappa shape index (κ1) is 9.69. The SMILES string of the molecule is N#Cc1cccc(N2CCNCC2=O)c1. The number of rotatable bonds is 1. The van der Waals surface area contributed by atoms with Crippen molar-refractivity contribution in [1.82, 2.24) is 5.32 Å². The molecule has 1 aromatic rings. The standard InChI is InChI=1S/C11H11N3O/c12-7-9-2-1-3-10(6-9)14-5-4-13-8-11(14)15/h1-3,6,13H,4-5,8H2. The molecule has 0 spiro atoms. The van der Waals surface area contributed by atoms with E-state index in [1.807, 2.05) is 6.07 Å². The van der Waals surface area contributed by atoms with Crippen molar-refractivity contribution >= 4 is 11.6 Å². The maximum Gasteiger partial charge on any atom is 0.240 e. The van der Waals surface area contributed by atoms with Crippen LogP contribution in [0.2, 0.25) is 0 Å². The summed E-state index contributed by atoms with van der Waals surface area (Å²) in [5.74, 6) is 0.0522. The van der Waals surface area contributed by atoms with Crippen LogP contribution in [0.25, 0.3) is 0 Å². The second-order valence-corrected chi connectivity index (χ2v) is 3.38. The second-order valence-electron chi connectivity index (χ2n) is 3.38. The number of carbonyl (C=O) groups excluding carboxylic acids is 1. The lowest BCUT2D eigenvalue weighted by molar-refractivity contribution is -0.118. The van der Waals surface area contributed by atoms with Crippen LogP contribution in [0.3, 0.4) is 0 Å². The van der Waals surface area contributed by atoms with E-state index in [9.17, 15) is 4.79 Å². The van der Waals surface area contributed by atoms with Gasteiger partial charge in [0.1, 0.15) is 0 Å².